The van der Waals surface area contributed by atoms with Crippen LogP contribution in [0.25, 0.3) is 22.0 Å². The summed E-state index contributed by atoms with van der Waals surface area (Å²) in [6.45, 7) is 0. The van der Waals surface area contributed by atoms with Crippen LogP contribution in [0.5, 0.6) is 0 Å². The summed E-state index contributed by atoms with van der Waals surface area (Å²) in [7, 11) is -8.59. The molecule has 5 aromatic rings. The molecule has 3 aromatic carbocycles. The molecule has 14 nitrogen and oxygen atoms in total. The molecule has 7 rings (SSSR count). The maximum absolute atomic E-state index is 13.3. The second kappa shape index (κ2) is 13.5. The van der Waals surface area contributed by atoms with Crippen LogP contribution in [0.3, 0.4) is 0 Å². The highest BCUT2D eigenvalue weighted by Gasteiger charge is 2.41. The zero-order chi connectivity index (χ0) is 36.6. The molecule has 16 heteroatoms. The maximum Gasteiger partial charge on any atom is 0.313 e. The highest BCUT2D eigenvalue weighted by atomic mass is 32.2. The van der Waals surface area contributed by atoms with Crippen molar-refractivity contribution in [3.63, 3.8) is 0 Å². The lowest BCUT2D eigenvalue weighted by atomic mass is 10.0. The predicted octanol–water partition coefficient (Wildman–Crippen LogP) is 3.93. The molecule has 0 bridgehead atoms. The highest BCUT2D eigenvalue weighted by Crippen LogP contribution is 2.35. The number of benzene rings is 3. The van der Waals surface area contributed by atoms with Crippen LogP contribution in [0.15, 0.2) is 133 Å². The predicted molar refractivity (Wildman–Crippen MR) is 185 cm³/mol. The minimum atomic E-state index is -4.35. The fourth-order valence-electron chi connectivity index (χ4n) is 5.66. The largest absolute Gasteiger partial charge is 0.460 e. The van der Waals surface area contributed by atoms with Gasteiger partial charge in [-0.15, -0.1) is 0 Å². The molecular weight excluding hydrogens is 713 g/mol. The second-order valence-corrected chi connectivity index (χ2v) is 14.9. The minimum Gasteiger partial charge on any atom is -0.460 e. The van der Waals surface area contributed by atoms with Gasteiger partial charge in [0.1, 0.15) is 11.5 Å². The van der Waals surface area contributed by atoms with Crippen LogP contribution in [0, 0.1) is 0 Å². The highest BCUT2D eigenvalue weighted by molar-refractivity contribution is 7.86. The van der Waals surface area contributed by atoms with Gasteiger partial charge in [0.05, 0.1) is 11.2 Å². The van der Waals surface area contributed by atoms with E-state index >= 15 is 0 Å². The SMILES string of the molecule is NC1=C(OS(=O)(=O)Cc2cccc(-c3ccc4ccc(C5OC(N)=C(OS(=O)(=O)Cc6ccccc6)C5=O)nc4c3)c2)C(=O)C(c2ccncc2)O1. The van der Waals surface area contributed by atoms with E-state index in [9.17, 15) is 26.4 Å². The number of Topliss-reactive ketones (excluding diaryl/α,β-unsaturated/α-hetero) is 2. The Balaban J connectivity index is 1.06. The first kappa shape index (κ1) is 34.2. The molecule has 2 aromatic heterocycles. The third kappa shape index (κ3) is 7.15. The second-order valence-electron chi connectivity index (χ2n) is 11.8. The third-order valence-electron chi connectivity index (χ3n) is 8.06. The van der Waals surface area contributed by atoms with E-state index in [4.69, 9.17) is 29.3 Å². The van der Waals surface area contributed by atoms with E-state index in [2.05, 4.69) is 9.97 Å². The van der Waals surface area contributed by atoms with Crippen molar-refractivity contribution >= 4 is 42.7 Å². The van der Waals surface area contributed by atoms with Crippen LogP contribution in [-0.4, -0.2) is 38.4 Å². The molecular formula is C36H28N4O10S2. The van der Waals surface area contributed by atoms with Gasteiger partial charge < -0.3 is 29.3 Å². The molecule has 4 heterocycles. The Kier molecular flexibility index (Phi) is 8.85. The molecule has 4 N–H and O–H groups in total. The number of pyridine rings is 2. The van der Waals surface area contributed by atoms with Gasteiger partial charge >= 0.3 is 20.2 Å². The topological polar surface area (TPSA) is 217 Å². The molecule has 0 radical (unpaired) electrons. The van der Waals surface area contributed by atoms with Crippen molar-refractivity contribution in [2.75, 3.05) is 0 Å². The summed E-state index contributed by atoms with van der Waals surface area (Å²) in [6, 6.07) is 26.7. The molecule has 264 valence electrons. The van der Waals surface area contributed by atoms with Crippen LogP contribution >= 0.6 is 0 Å². The first-order valence-electron chi connectivity index (χ1n) is 15.6. The average molecular weight is 741 g/mol. The third-order valence-corrected chi connectivity index (χ3v) is 10.3. The van der Waals surface area contributed by atoms with Crippen molar-refractivity contribution in [1.82, 2.24) is 9.97 Å². The van der Waals surface area contributed by atoms with Crippen molar-refractivity contribution in [2.45, 2.75) is 23.7 Å². The van der Waals surface area contributed by atoms with Crippen LogP contribution in [0.4, 0.5) is 0 Å². The van der Waals surface area contributed by atoms with Gasteiger partial charge in [0.15, 0.2) is 6.10 Å². The Morgan fingerprint density at radius 3 is 1.90 bits per heavy atom. The molecule has 2 unspecified atom stereocenters. The number of ether oxygens (including phenoxy) is 2. The number of rotatable bonds is 11. The molecule has 2 aliphatic heterocycles. The van der Waals surface area contributed by atoms with Crippen LogP contribution in [0.1, 0.15) is 34.6 Å². The summed E-state index contributed by atoms with van der Waals surface area (Å²) < 4.78 is 72.7. The van der Waals surface area contributed by atoms with Gasteiger partial charge in [0, 0.05) is 23.3 Å². The number of aromatic nitrogens is 2. The molecule has 0 amide bonds. The summed E-state index contributed by atoms with van der Waals surface area (Å²) in [4.78, 5) is 34.7. The summed E-state index contributed by atoms with van der Waals surface area (Å²) >= 11 is 0. The molecule has 2 aliphatic rings. The normalized spacial score (nSPS) is 17.7. The number of carbonyl (C=O) groups excluding carboxylic acids is 2. The van der Waals surface area contributed by atoms with E-state index in [0.717, 1.165) is 0 Å². The number of fused-ring (bicyclic) bond motifs is 1. The summed E-state index contributed by atoms with van der Waals surface area (Å²) in [5.74, 6) is -4.72. The van der Waals surface area contributed by atoms with Gasteiger partial charge in [0.25, 0.3) is 5.78 Å². The zero-order valence-electron chi connectivity index (χ0n) is 26.9. The van der Waals surface area contributed by atoms with Crippen LogP contribution in [-0.2, 0) is 59.2 Å². The minimum absolute atomic E-state index is 0.166. The van der Waals surface area contributed by atoms with E-state index in [0.29, 0.717) is 38.7 Å². The van der Waals surface area contributed by atoms with Gasteiger partial charge in [-0.3, -0.25) is 14.6 Å². The van der Waals surface area contributed by atoms with E-state index < -0.39 is 78.8 Å². The van der Waals surface area contributed by atoms with Gasteiger partial charge in [-0.05, 0) is 46.5 Å². The van der Waals surface area contributed by atoms with Crippen LogP contribution in [0.2, 0.25) is 0 Å². The Labute approximate surface area is 297 Å². The van der Waals surface area contributed by atoms with Crippen molar-refractivity contribution in [1.29, 1.82) is 0 Å². The quantitative estimate of drug-likeness (QED) is 0.184. The number of hydrogen-bond donors (Lipinski definition) is 2. The fourth-order valence-corrected chi connectivity index (χ4v) is 7.80. The zero-order valence-corrected chi connectivity index (χ0v) is 28.5. The Hall–Kier alpha value is -6.26. The van der Waals surface area contributed by atoms with Crippen molar-refractivity contribution in [3.05, 3.63) is 155 Å². The van der Waals surface area contributed by atoms with Crippen molar-refractivity contribution < 1.29 is 44.3 Å². The number of nitrogens with two attached hydrogens (primary N) is 2. The molecule has 0 saturated heterocycles. The number of carbonyl (C=O) groups is 2. The fraction of sp³-hybridized carbons (Fsp3) is 0.111. The van der Waals surface area contributed by atoms with Crippen molar-refractivity contribution in [3.8, 4) is 11.1 Å². The summed E-state index contributed by atoms with van der Waals surface area (Å²) in [6.07, 6.45) is 0.431. The maximum atomic E-state index is 13.3. The first-order valence-corrected chi connectivity index (χ1v) is 18.7. The van der Waals surface area contributed by atoms with Gasteiger partial charge in [-0.1, -0.05) is 72.8 Å². The van der Waals surface area contributed by atoms with E-state index in [1.54, 1.807) is 91.0 Å². The van der Waals surface area contributed by atoms with Crippen molar-refractivity contribution in [2.24, 2.45) is 11.5 Å². The van der Waals surface area contributed by atoms with Gasteiger partial charge in [0.2, 0.25) is 35.2 Å². The van der Waals surface area contributed by atoms with Crippen LogP contribution < -0.4 is 11.5 Å². The summed E-state index contributed by atoms with van der Waals surface area (Å²) in [5.41, 5.74) is 14.9. The average Bonchev–Trinajstić information content (AvgIpc) is 3.56. The number of hydrogen-bond acceptors (Lipinski definition) is 14. The molecule has 0 aliphatic carbocycles. The lowest BCUT2D eigenvalue weighted by Gasteiger charge is -2.11. The Morgan fingerprint density at radius 1 is 0.635 bits per heavy atom. The summed E-state index contributed by atoms with van der Waals surface area (Å²) in [5, 5.41) is 0.715. The number of ketones is 2. The van der Waals surface area contributed by atoms with Gasteiger partial charge in [-0.2, -0.15) is 16.8 Å². The Morgan fingerprint density at radius 2 is 1.21 bits per heavy atom. The molecule has 0 saturated carbocycles. The van der Waals surface area contributed by atoms with E-state index in [1.807, 2.05) is 6.07 Å². The lowest BCUT2D eigenvalue weighted by molar-refractivity contribution is -0.123. The molecule has 0 spiro atoms. The van der Waals surface area contributed by atoms with E-state index in [1.165, 1.54) is 12.4 Å². The molecule has 2 atom stereocenters. The lowest BCUT2D eigenvalue weighted by Crippen LogP contribution is -2.16. The van der Waals surface area contributed by atoms with Gasteiger partial charge in [-0.25, -0.2) is 4.98 Å². The molecule has 52 heavy (non-hydrogen) atoms. The first-order chi connectivity index (χ1) is 24.9. The smallest absolute Gasteiger partial charge is 0.313 e. The monoisotopic (exact) mass is 740 g/mol. The standard InChI is InChI=1S/C36H28N4O10S2/c37-35-33(29(41)31(47-35)24-13-15-39-16-14-24)49-52(45,46)20-22-7-4-8-25(17-22)26-10-9-23-11-12-27(40-28(23)18-26)32-30(42)34(36(38)48-32)50-51(43,44)19-21-5-2-1-3-6-21/h1-18,31-32H,19-20,37-38H2. The number of nitrogens with zero attached hydrogens (tertiary/aromatic N) is 2. The Bertz CT molecular complexity index is 2520. The van der Waals surface area contributed by atoms with E-state index in [-0.39, 0.29) is 5.69 Å². The molecule has 0 fully saturated rings.